The largest absolute Gasteiger partial charge is 0.322 e. The molecule has 0 fully saturated rings. The van der Waals surface area contributed by atoms with E-state index in [-0.39, 0.29) is 5.91 Å². The number of tetrazole rings is 1. The van der Waals surface area contributed by atoms with Gasteiger partial charge in [0.15, 0.2) is 0 Å². The van der Waals surface area contributed by atoms with E-state index in [0.717, 1.165) is 12.1 Å². The lowest BCUT2D eigenvalue weighted by molar-refractivity contribution is 0.102. The van der Waals surface area contributed by atoms with Crippen LogP contribution in [0, 0.1) is 0 Å². The van der Waals surface area contributed by atoms with Crippen molar-refractivity contribution in [2.24, 2.45) is 0 Å². The Morgan fingerprint density at radius 2 is 2.05 bits per heavy atom. The van der Waals surface area contributed by atoms with Crippen molar-refractivity contribution < 1.29 is 4.79 Å². The van der Waals surface area contributed by atoms with Crippen molar-refractivity contribution in [3.63, 3.8) is 0 Å². The molecule has 1 N–H and O–H groups in total. The minimum Gasteiger partial charge on any atom is -0.322 e. The molecule has 0 bridgehead atoms. The maximum Gasteiger partial charge on any atom is 0.257 e. The monoisotopic (exact) mass is 293 g/mol. The third kappa shape index (κ3) is 2.85. The number of nitrogens with one attached hydrogen (secondary N) is 1. The zero-order valence-electron chi connectivity index (χ0n) is 12.1. The molecule has 3 rings (SSSR count). The molecule has 1 heterocycles. The van der Waals surface area contributed by atoms with Gasteiger partial charge in [-0.25, -0.2) is 0 Å². The van der Waals surface area contributed by atoms with Gasteiger partial charge in [-0.1, -0.05) is 31.2 Å². The summed E-state index contributed by atoms with van der Waals surface area (Å²) in [5, 5.41) is 14.0. The normalized spacial score (nSPS) is 10.4. The molecule has 0 radical (unpaired) electrons. The highest BCUT2D eigenvalue weighted by Gasteiger charge is 2.13. The Labute approximate surface area is 127 Å². The van der Waals surface area contributed by atoms with Crippen molar-refractivity contribution in [1.29, 1.82) is 0 Å². The van der Waals surface area contributed by atoms with Crippen molar-refractivity contribution >= 4 is 11.6 Å². The molecular weight excluding hydrogens is 278 g/mol. The van der Waals surface area contributed by atoms with Crippen LogP contribution in [0.1, 0.15) is 22.8 Å². The summed E-state index contributed by atoms with van der Waals surface area (Å²) in [6.07, 6.45) is 2.38. The number of anilines is 1. The molecule has 0 atom stereocenters. The van der Waals surface area contributed by atoms with Crippen molar-refractivity contribution in [3.05, 3.63) is 66.0 Å². The number of hydrogen-bond donors (Lipinski definition) is 1. The number of amides is 1. The van der Waals surface area contributed by atoms with Gasteiger partial charge < -0.3 is 5.32 Å². The van der Waals surface area contributed by atoms with Crippen molar-refractivity contribution in [2.45, 2.75) is 13.3 Å². The smallest absolute Gasteiger partial charge is 0.257 e. The van der Waals surface area contributed by atoms with Crippen molar-refractivity contribution in [1.82, 2.24) is 20.2 Å². The Morgan fingerprint density at radius 1 is 1.18 bits per heavy atom. The van der Waals surface area contributed by atoms with Gasteiger partial charge in [-0.05, 0) is 46.7 Å². The van der Waals surface area contributed by atoms with Gasteiger partial charge in [0.25, 0.3) is 5.91 Å². The van der Waals surface area contributed by atoms with E-state index in [1.807, 2.05) is 36.4 Å². The Balaban J connectivity index is 1.89. The number of carbonyl (C=O) groups is 1. The maximum atomic E-state index is 12.5. The quantitative estimate of drug-likeness (QED) is 0.802. The van der Waals surface area contributed by atoms with Gasteiger partial charge in [-0.15, -0.1) is 5.10 Å². The van der Waals surface area contributed by atoms with Gasteiger partial charge >= 0.3 is 0 Å². The average molecular weight is 293 g/mol. The minimum atomic E-state index is -0.195. The first kappa shape index (κ1) is 13.9. The topological polar surface area (TPSA) is 72.7 Å². The Bertz CT molecular complexity index is 783. The first-order chi connectivity index (χ1) is 10.8. The van der Waals surface area contributed by atoms with E-state index in [0.29, 0.717) is 11.3 Å². The summed E-state index contributed by atoms with van der Waals surface area (Å²) in [6, 6.07) is 15.0. The molecule has 0 saturated heterocycles. The molecule has 3 aromatic rings. The Kier molecular flexibility index (Phi) is 3.91. The zero-order valence-corrected chi connectivity index (χ0v) is 12.1. The second-order valence-corrected chi connectivity index (χ2v) is 4.78. The van der Waals surface area contributed by atoms with Gasteiger partial charge in [0.1, 0.15) is 6.33 Å². The van der Waals surface area contributed by atoms with Crippen LogP contribution in [0.5, 0.6) is 0 Å². The number of benzene rings is 2. The number of aryl methyl sites for hydroxylation is 1. The summed E-state index contributed by atoms with van der Waals surface area (Å²) >= 11 is 0. The summed E-state index contributed by atoms with van der Waals surface area (Å²) < 4.78 is 1.47. The molecule has 110 valence electrons. The van der Waals surface area contributed by atoms with Gasteiger partial charge in [-0.3, -0.25) is 4.79 Å². The highest BCUT2D eigenvalue weighted by Crippen LogP contribution is 2.16. The lowest BCUT2D eigenvalue weighted by atomic mass is 10.1. The molecule has 1 amide bonds. The molecule has 0 aliphatic heterocycles. The first-order valence-corrected chi connectivity index (χ1v) is 7.00. The summed E-state index contributed by atoms with van der Waals surface area (Å²) in [4.78, 5) is 12.5. The molecule has 0 saturated carbocycles. The van der Waals surface area contributed by atoms with E-state index < -0.39 is 0 Å². The van der Waals surface area contributed by atoms with E-state index >= 15 is 0 Å². The molecule has 0 aliphatic carbocycles. The number of para-hydroxylation sites is 1. The Hall–Kier alpha value is -3.02. The summed E-state index contributed by atoms with van der Waals surface area (Å²) in [7, 11) is 0. The van der Waals surface area contributed by atoms with Crippen LogP contribution < -0.4 is 5.32 Å². The van der Waals surface area contributed by atoms with E-state index in [2.05, 4.69) is 27.8 Å². The van der Waals surface area contributed by atoms with Crippen LogP contribution in [-0.4, -0.2) is 26.1 Å². The molecular formula is C16H15N5O. The standard InChI is InChI=1S/C16H15N5O/c1-2-12-6-5-7-13(10-12)18-16(22)14-8-3-4-9-15(14)21-11-17-19-20-21/h3-11H,2H2,1H3,(H,18,22). The number of nitrogens with zero attached hydrogens (tertiary/aromatic N) is 4. The average Bonchev–Trinajstić information content (AvgIpc) is 3.09. The second-order valence-electron chi connectivity index (χ2n) is 4.78. The number of rotatable bonds is 4. The van der Waals surface area contributed by atoms with E-state index in [1.165, 1.54) is 16.6 Å². The van der Waals surface area contributed by atoms with Crippen LogP contribution in [0.3, 0.4) is 0 Å². The lowest BCUT2D eigenvalue weighted by Crippen LogP contribution is -2.15. The number of hydrogen-bond acceptors (Lipinski definition) is 4. The lowest BCUT2D eigenvalue weighted by Gasteiger charge is -2.10. The van der Waals surface area contributed by atoms with Crippen LogP contribution in [0.4, 0.5) is 5.69 Å². The number of carbonyl (C=O) groups excluding carboxylic acids is 1. The highest BCUT2D eigenvalue weighted by atomic mass is 16.1. The summed E-state index contributed by atoms with van der Waals surface area (Å²) in [5.41, 5.74) is 3.09. The van der Waals surface area contributed by atoms with Crippen molar-refractivity contribution in [3.8, 4) is 5.69 Å². The van der Waals surface area contributed by atoms with Crippen LogP contribution in [0.15, 0.2) is 54.9 Å². The molecule has 22 heavy (non-hydrogen) atoms. The first-order valence-electron chi connectivity index (χ1n) is 7.00. The van der Waals surface area contributed by atoms with E-state index in [1.54, 1.807) is 12.1 Å². The fraction of sp³-hybridized carbons (Fsp3) is 0.125. The van der Waals surface area contributed by atoms with Gasteiger partial charge in [0.2, 0.25) is 0 Å². The predicted molar refractivity (Wildman–Crippen MR) is 82.9 cm³/mol. The van der Waals surface area contributed by atoms with Crippen molar-refractivity contribution in [2.75, 3.05) is 5.32 Å². The second kappa shape index (κ2) is 6.17. The zero-order chi connectivity index (χ0) is 15.4. The molecule has 6 nitrogen and oxygen atoms in total. The Morgan fingerprint density at radius 3 is 2.82 bits per heavy atom. The fourth-order valence-corrected chi connectivity index (χ4v) is 2.20. The molecule has 1 aromatic heterocycles. The van der Waals surface area contributed by atoms with Crippen LogP contribution in [0.2, 0.25) is 0 Å². The SMILES string of the molecule is CCc1cccc(NC(=O)c2ccccc2-n2cnnn2)c1. The fourth-order valence-electron chi connectivity index (χ4n) is 2.20. The van der Waals surface area contributed by atoms with Gasteiger partial charge in [-0.2, -0.15) is 4.68 Å². The minimum absolute atomic E-state index is 0.195. The number of aromatic nitrogens is 4. The molecule has 2 aromatic carbocycles. The van der Waals surface area contributed by atoms with Crippen LogP contribution in [-0.2, 0) is 6.42 Å². The third-order valence-electron chi connectivity index (χ3n) is 3.34. The molecule has 0 aliphatic rings. The molecule has 6 heteroatoms. The maximum absolute atomic E-state index is 12.5. The highest BCUT2D eigenvalue weighted by molar-refractivity contribution is 6.06. The van der Waals surface area contributed by atoms with E-state index in [9.17, 15) is 4.79 Å². The van der Waals surface area contributed by atoms with Crippen LogP contribution in [0.25, 0.3) is 5.69 Å². The van der Waals surface area contributed by atoms with Crippen LogP contribution >= 0.6 is 0 Å². The van der Waals surface area contributed by atoms with E-state index in [4.69, 9.17) is 0 Å². The molecule has 0 unspecified atom stereocenters. The van der Waals surface area contributed by atoms with Gasteiger partial charge in [0, 0.05) is 5.69 Å². The van der Waals surface area contributed by atoms with Gasteiger partial charge in [0.05, 0.1) is 11.3 Å². The summed E-state index contributed by atoms with van der Waals surface area (Å²) in [6.45, 7) is 2.08. The predicted octanol–water partition coefficient (Wildman–Crippen LogP) is 2.48. The molecule has 0 spiro atoms. The third-order valence-corrected chi connectivity index (χ3v) is 3.34. The summed E-state index contributed by atoms with van der Waals surface area (Å²) in [5.74, 6) is -0.195.